The van der Waals surface area contributed by atoms with E-state index in [2.05, 4.69) is 26.1 Å². The highest BCUT2D eigenvalue weighted by Gasteiger charge is 2.34. The lowest BCUT2D eigenvalue weighted by atomic mass is 9.72. The van der Waals surface area contributed by atoms with Crippen molar-refractivity contribution < 1.29 is 18.7 Å². The normalized spacial score (nSPS) is 16.4. The van der Waals surface area contributed by atoms with Crippen molar-refractivity contribution in [2.75, 3.05) is 11.9 Å². The number of esters is 1. The van der Waals surface area contributed by atoms with E-state index in [9.17, 15) is 14.0 Å². The van der Waals surface area contributed by atoms with Gasteiger partial charge in [-0.25, -0.2) is 9.18 Å². The molecular formula is C22H26FNO3S. The highest BCUT2D eigenvalue weighted by Crippen LogP contribution is 2.44. The Bertz CT molecular complexity index is 898. The van der Waals surface area contributed by atoms with Gasteiger partial charge in [0.2, 0.25) is 0 Å². The zero-order chi connectivity index (χ0) is 20.5. The Morgan fingerprint density at radius 1 is 1.32 bits per heavy atom. The molecule has 6 heteroatoms. The van der Waals surface area contributed by atoms with Crippen LogP contribution in [0.25, 0.3) is 0 Å². The minimum Gasteiger partial charge on any atom is -0.462 e. The highest BCUT2D eigenvalue weighted by molar-refractivity contribution is 7.17. The van der Waals surface area contributed by atoms with E-state index in [1.165, 1.54) is 29.5 Å². The molecule has 0 spiro atoms. The van der Waals surface area contributed by atoms with Crippen molar-refractivity contribution in [1.82, 2.24) is 0 Å². The molecule has 28 heavy (non-hydrogen) atoms. The molecule has 1 heterocycles. The van der Waals surface area contributed by atoms with E-state index < -0.39 is 17.7 Å². The van der Waals surface area contributed by atoms with Crippen LogP contribution in [0.2, 0.25) is 0 Å². The molecule has 1 aliphatic rings. The number of amides is 1. The second kappa shape index (κ2) is 8.03. The van der Waals surface area contributed by atoms with Gasteiger partial charge < -0.3 is 10.1 Å². The molecule has 0 radical (unpaired) electrons. The monoisotopic (exact) mass is 403 g/mol. The van der Waals surface area contributed by atoms with Gasteiger partial charge in [0.05, 0.1) is 12.2 Å². The number of anilines is 1. The first-order chi connectivity index (χ1) is 13.2. The Morgan fingerprint density at radius 2 is 2.07 bits per heavy atom. The number of benzene rings is 1. The van der Waals surface area contributed by atoms with E-state index in [-0.39, 0.29) is 17.6 Å². The van der Waals surface area contributed by atoms with E-state index in [4.69, 9.17) is 4.74 Å². The summed E-state index contributed by atoms with van der Waals surface area (Å²) in [6.07, 6.45) is 2.67. The van der Waals surface area contributed by atoms with Crippen LogP contribution in [0.5, 0.6) is 0 Å². The maximum atomic E-state index is 13.5. The fraction of sp³-hybridized carbons (Fsp3) is 0.455. The second-order valence-corrected chi connectivity index (χ2v) is 9.30. The number of carbonyl (C=O) groups excluding carboxylic acids is 2. The van der Waals surface area contributed by atoms with Gasteiger partial charge in [0, 0.05) is 10.4 Å². The molecule has 0 bridgehead atoms. The van der Waals surface area contributed by atoms with Crippen molar-refractivity contribution in [2.24, 2.45) is 11.3 Å². The van der Waals surface area contributed by atoms with E-state index in [0.29, 0.717) is 16.5 Å². The van der Waals surface area contributed by atoms with Crippen molar-refractivity contribution in [1.29, 1.82) is 0 Å². The predicted molar refractivity (Wildman–Crippen MR) is 110 cm³/mol. The summed E-state index contributed by atoms with van der Waals surface area (Å²) in [5.41, 5.74) is 1.84. The lowest BCUT2D eigenvalue weighted by Gasteiger charge is -2.33. The van der Waals surface area contributed by atoms with Crippen LogP contribution in [0.4, 0.5) is 9.39 Å². The molecule has 1 aromatic carbocycles. The fourth-order valence-corrected chi connectivity index (χ4v) is 4.95. The summed E-state index contributed by atoms with van der Waals surface area (Å²) in [5.74, 6) is -0.808. The summed E-state index contributed by atoms with van der Waals surface area (Å²) >= 11 is 1.44. The average Bonchev–Trinajstić information content (AvgIpc) is 2.98. The first kappa shape index (κ1) is 20.5. The molecule has 3 rings (SSSR count). The third-order valence-electron chi connectivity index (χ3n) is 5.28. The van der Waals surface area contributed by atoms with Crippen LogP contribution in [0.1, 0.15) is 65.3 Å². The fourth-order valence-electron chi connectivity index (χ4n) is 3.64. The maximum Gasteiger partial charge on any atom is 0.341 e. The lowest BCUT2D eigenvalue weighted by molar-refractivity contribution is 0.0526. The number of halogens is 1. The molecule has 0 unspecified atom stereocenters. The van der Waals surface area contributed by atoms with E-state index in [1.807, 2.05) is 0 Å². The highest BCUT2D eigenvalue weighted by atomic mass is 32.1. The van der Waals surface area contributed by atoms with Gasteiger partial charge in [-0.2, -0.15) is 0 Å². The number of ether oxygens (including phenoxy) is 1. The molecule has 1 aliphatic carbocycles. The molecule has 4 nitrogen and oxygen atoms in total. The van der Waals surface area contributed by atoms with Gasteiger partial charge in [-0.3, -0.25) is 4.79 Å². The Morgan fingerprint density at radius 3 is 2.71 bits per heavy atom. The van der Waals surface area contributed by atoms with Crippen LogP contribution in [0, 0.1) is 17.2 Å². The number of thiophene rings is 1. The number of carbonyl (C=O) groups is 2. The Kier molecular flexibility index (Phi) is 5.89. The van der Waals surface area contributed by atoms with Gasteiger partial charge in [0.25, 0.3) is 5.91 Å². The summed E-state index contributed by atoms with van der Waals surface area (Å²) < 4.78 is 18.7. The molecule has 0 fully saturated rings. The van der Waals surface area contributed by atoms with Crippen LogP contribution < -0.4 is 5.32 Å². The summed E-state index contributed by atoms with van der Waals surface area (Å²) in [5, 5.41) is 3.31. The minimum atomic E-state index is -0.475. The molecular weight excluding hydrogens is 377 g/mol. The van der Waals surface area contributed by atoms with Crippen LogP contribution >= 0.6 is 11.3 Å². The van der Waals surface area contributed by atoms with Crippen LogP contribution in [0.3, 0.4) is 0 Å². The lowest BCUT2D eigenvalue weighted by Crippen LogP contribution is -2.26. The molecule has 0 saturated heterocycles. The summed E-state index contributed by atoms with van der Waals surface area (Å²) in [7, 11) is 0. The second-order valence-electron chi connectivity index (χ2n) is 8.20. The van der Waals surface area contributed by atoms with Gasteiger partial charge in [-0.15, -0.1) is 11.3 Å². The Labute approximate surface area is 169 Å². The molecule has 1 amide bonds. The zero-order valence-corrected chi connectivity index (χ0v) is 17.5. The number of rotatable bonds is 4. The minimum absolute atomic E-state index is 0.177. The standard InChI is InChI=1S/C22H26FNO3S/c1-5-27-21(26)18-16-10-9-14(22(2,3)4)12-17(16)28-20(18)24-19(25)13-7-6-8-15(23)11-13/h6-8,11,14H,5,9-10,12H2,1-4H3,(H,24,25)/t14-/m1/s1. The number of nitrogens with one attached hydrogen (secondary N) is 1. The molecule has 0 aliphatic heterocycles. The first-order valence-electron chi connectivity index (χ1n) is 9.59. The van der Waals surface area contributed by atoms with Crippen molar-refractivity contribution >= 4 is 28.2 Å². The zero-order valence-electron chi connectivity index (χ0n) is 16.7. The average molecular weight is 404 g/mol. The maximum absolute atomic E-state index is 13.5. The van der Waals surface area contributed by atoms with Crippen LogP contribution in [-0.2, 0) is 17.6 Å². The van der Waals surface area contributed by atoms with Crippen molar-refractivity contribution in [3.63, 3.8) is 0 Å². The Balaban J connectivity index is 1.95. The number of hydrogen-bond donors (Lipinski definition) is 1. The van der Waals surface area contributed by atoms with Gasteiger partial charge in [0.15, 0.2) is 0 Å². The van der Waals surface area contributed by atoms with E-state index >= 15 is 0 Å². The molecule has 1 N–H and O–H groups in total. The van der Waals surface area contributed by atoms with Crippen LogP contribution in [0.15, 0.2) is 24.3 Å². The van der Waals surface area contributed by atoms with Crippen molar-refractivity contribution in [2.45, 2.75) is 47.0 Å². The van der Waals surface area contributed by atoms with E-state index in [1.54, 1.807) is 13.0 Å². The molecule has 150 valence electrons. The molecule has 1 aromatic heterocycles. The SMILES string of the molecule is CCOC(=O)c1c(NC(=O)c2cccc(F)c2)sc2c1CC[C@@H](C(C)(C)C)C2. The summed E-state index contributed by atoms with van der Waals surface area (Å²) in [4.78, 5) is 26.4. The number of hydrogen-bond acceptors (Lipinski definition) is 4. The molecule has 2 aromatic rings. The summed E-state index contributed by atoms with van der Waals surface area (Å²) in [6, 6.07) is 5.51. The van der Waals surface area contributed by atoms with Gasteiger partial charge in [-0.1, -0.05) is 26.8 Å². The largest absolute Gasteiger partial charge is 0.462 e. The molecule has 1 atom stereocenters. The topological polar surface area (TPSA) is 55.4 Å². The predicted octanol–water partition coefficient (Wildman–Crippen LogP) is 5.47. The Hall–Kier alpha value is -2.21. The van der Waals surface area contributed by atoms with Gasteiger partial charge in [-0.05, 0) is 61.3 Å². The third-order valence-corrected chi connectivity index (χ3v) is 6.45. The quantitative estimate of drug-likeness (QED) is 0.689. The molecule has 0 saturated carbocycles. The van der Waals surface area contributed by atoms with Gasteiger partial charge >= 0.3 is 5.97 Å². The van der Waals surface area contributed by atoms with Gasteiger partial charge in [0.1, 0.15) is 10.8 Å². The smallest absolute Gasteiger partial charge is 0.341 e. The van der Waals surface area contributed by atoms with E-state index in [0.717, 1.165) is 29.7 Å². The van der Waals surface area contributed by atoms with Crippen molar-refractivity contribution in [3.8, 4) is 0 Å². The number of fused-ring (bicyclic) bond motifs is 1. The first-order valence-corrected chi connectivity index (χ1v) is 10.4. The summed E-state index contributed by atoms with van der Waals surface area (Å²) in [6.45, 7) is 8.72. The third kappa shape index (κ3) is 4.27. The van der Waals surface area contributed by atoms with Crippen molar-refractivity contribution in [3.05, 3.63) is 51.7 Å². The van der Waals surface area contributed by atoms with Crippen LogP contribution in [-0.4, -0.2) is 18.5 Å².